The van der Waals surface area contributed by atoms with Gasteiger partial charge in [0.05, 0.1) is 12.4 Å². The Morgan fingerprint density at radius 1 is 1.75 bits per heavy atom. The molecule has 8 heavy (non-hydrogen) atoms. The molecule has 0 unspecified atom stereocenters. The Morgan fingerprint density at radius 3 is 2.88 bits per heavy atom. The highest BCUT2D eigenvalue weighted by Crippen LogP contribution is 1.82. The second kappa shape index (κ2) is 1.71. The van der Waals surface area contributed by atoms with Crippen LogP contribution in [0.15, 0.2) is 17.4 Å². The average molecular weight is 113 g/mol. The summed E-state index contributed by atoms with van der Waals surface area (Å²) in [7, 11) is 0. The van der Waals surface area contributed by atoms with Crippen LogP contribution < -0.4 is 17.0 Å². The molecule has 1 aliphatic heterocycles. The van der Waals surface area contributed by atoms with Crippen molar-refractivity contribution in [3.05, 3.63) is 12.4 Å². The highest BCUT2D eigenvalue weighted by atomic mass is 15.7. The summed E-state index contributed by atoms with van der Waals surface area (Å²) in [5.41, 5.74) is 7.72. The first kappa shape index (κ1) is 4.92. The molecule has 0 bridgehead atoms. The van der Waals surface area contributed by atoms with Crippen LogP contribution in [-0.4, -0.2) is 11.1 Å². The molecule has 1 heterocycles. The maximum Gasteiger partial charge on any atom is 0.213 e. The van der Waals surface area contributed by atoms with E-state index in [1.54, 1.807) is 6.20 Å². The predicted molar refractivity (Wildman–Crippen MR) is 29.9 cm³/mol. The number of guanidine groups is 1. The molecular weight excluding hydrogens is 106 g/mol. The minimum atomic E-state index is 0.301. The van der Waals surface area contributed by atoms with Crippen LogP contribution in [0.2, 0.25) is 0 Å². The summed E-state index contributed by atoms with van der Waals surface area (Å²) in [4.78, 5) is 3.66. The smallest absolute Gasteiger partial charge is 0.213 e. The van der Waals surface area contributed by atoms with Gasteiger partial charge in [-0.3, -0.25) is 5.43 Å². The zero-order chi connectivity index (χ0) is 5.98. The van der Waals surface area contributed by atoms with Gasteiger partial charge in [-0.05, 0) is 0 Å². The van der Waals surface area contributed by atoms with Crippen LogP contribution in [-0.2, 0) is 0 Å². The van der Waals surface area contributed by atoms with Crippen LogP contribution in [0.25, 0.3) is 0 Å². The highest BCUT2D eigenvalue weighted by Gasteiger charge is 1.95. The van der Waals surface area contributed by atoms with Crippen LogP contribution in [0.1, 0.15) is 0 Å². The number of nitrogens with zero attached hydrogens (tertiary/aromatic N) is 2. The van der Waals surface area contributed by atoms with Gasteiger partial charge in [-0.1, -0.05) is 0 Å². The molecule has 0 atom stereocenters. The van der Waals surface area contributed by atoms with Gasteiger partial charge in [0.1, 0.15) is 0 Å². The lowest BCUT2D eigenvalue weighted by Crippen LogP contribution is -2.48. The van der Waals surface area contributed by atoms with E-state index in [1.807, 2.05) is 0 Å². The van der Waals surface area contributed by atoms with Crippen LogP contribution >= 0.6 is 0 Å². The number of hydrogen-bond donors (Lipinski definition) is 3. The third-order valence-electron chi connectivity index (χ3n) is 0.685. The van der Waals surface area contributed by atoms with E-state index in [9.17, 15) is 0 Å². The zero-order valence-corrected chi connectivity index (χ0v) is 4.20. The lowest BCUT2D eigenvalue weighted by molar-refractivity contribution is 0.340. The molecule has 0 aromatic carbocycles. The van der Waals surface area contributed by atoms with Gasteiger partial charge < -0.3 is 5.73 Å². The zero-order valence-electron chi connectivity index (χ0n) is 4.20. The third-order valence-corrected chi connectivity index (χ3v) is 0.685. The Kier molecular flexibility index (Phi) is 1.05. The Labute approximate surface area is 46.6 Å². The topological polar surface area (TPSA) is 79.7 Å². The minimum Gasteiger partial charge on any atom is -0.368 e. The van der Waals surface area contributed by atoms with Crippen molar-refractivity contribution in [3.8, 4) is 0 Å². The summed E-state index contributed by atoms with van der Waals surface area (Å²) < 4.78 is 0. The van der Waals surface area contributed by atoms with E-state index in [0.29, 0.717) is 5.96 Å². The van der Waals surface area contributed by atoms with Crippen molar-refractivity contribution in [2.24, 2.45) is 16.6 Å². The predicted octanol–water partition coefficient (Wildman–Crippen LogP) is -1.53. The third kappa shape index (κ3) is 0.881. The molecule has 0 spiro atoms. The molecular formula is C3H7N5. The summed E-state index contributed by atoms with van der Waals surface area (Å²) in [6.07, 6.45) is 3.06. The Morgan fingerprint density at radius 2 is 2.50 bits per heavy atom. The van der Waals surface area contributed by atoms with Gasteiger partial charge in [0.15, 0.2) is 0 Å². The number of nitrogens with one attached hydrogen (secondary N) is 1. The molecule has 0 saturated carbocycles. The van der Waals surface area contributed by atoms with Crippen molar-refractivity contribution in [1.29, 1.82) is 0 Å². The standard InChI is InChI=1S/C3H7N5/c4-3-6-1-2-8(5)7-3/h1-2H,5H2,(H3,4,6,7). The van der Waals surface area contributed by atoms with E-state index in [-0.39, 0.29) is 0 Å². The van der Waals surface area contributed by atoms with E-state index in [1.165, 1.54) is 11.3 Å². The van der Waals surface area contributed by atoms with Gasteiger partial charge in [0.25, 0.3) is 0 Å². The van der Waals surface area contributed by atoms with Gasteiger partial charge in [-0.15, -0.1) is 0 Å². The fourth-order valence-electron chi connectivity index (χ4n) is 0.384. The molecule has 0 saturated heterocycles. The van der Waals surface area contributed by atoms with E-state index in [4.69, 9.17) is 11.6 Å². The number of rotatable bonds is 0. The van der Waals surface area contributed by atoms with E-state index in [2.05, 4.69) is 10.4 Å². The summed E-state index contributed by atoms with van der Waals surface area (Å²) in [5.74, 6) is 5.50. The van der Waals surface area contributed by atoms with E-state index < -0.39 is 0 Å². The lowest BCUT2D eigenvalue weighted by atomic mass is 10.8. The Hall–Kier alpha value is -1.23. The minimum absolute atomic E-state index is 0.301. The van der Waals surface area contributed by atoms with E-state index >= 15 is 0 Å². The number of aliphatic imine (C=N–C) groups is 1. The Bertz CT molecular complexity index is 137. The molecule has 5 heteroatoms. The van der Waals surface area contributed by atoms with Crippen LogP contribution in [0.4, 0.5) is 0 Å². The van der Waals surface area contributed by atoms with Crippen molar-refractivity contribution in [1.82, 2.24) is 10.5 Å². The van der Waals surface area contributed by atoms with Crippen LogP contribution in [0, 0.1) is 0 Å². The number of nitrogens with two attached hydrogens (primary N) is 2. The number of hydrazine groups is 2. The first-order chi connectivity index (χ1) is 3.79. The van der Waals surface area contributed by atoms with Crippen LogP contribution in [0.3, 0.4) is 0 Å². The number of hydrogen-bond acceptors (Lipinski definition) is 5. The molecule has 1 rings (SSSR count). The fraction of sp³-hybridized carbons (Fsp3) is 0. The summed E-state index contributed by atoms with van der Waals surface area (Å²) in [6, 6.07) is 0. The van der Waals surface area contributed by atoms with Crippen molar-refractivity contribution < 1.29 is 0 Å². The van der Waals surface area contributed by atoms with Crippen molar-refractivity contribution >= 4 is 5.96 Å². The lowest BCUT2D eigenvalue weighted by Gasteiger charge is -2.16. The second-order valence-electron chi connectivity index (χ2n) is 1.33. The molecule has 0 radical (unpaired) electrons. The largest absolute Gasteiger partial charge is 0.368 e. The normalized spacial score (nSPS) is 17.6. The maximum absolute atomic E-state index is 5.20. The molecule has 0 fully saturated rings. The van der Waals surface area contributed by atoms with Crippen molar-refractivity contribution in [2.75, 3.05) is 0 Å². The van der Waals surface area contributed by atoms with Crippen molar-refractivity contribution in [3.63, 3.8) is 0 Å². The highest BCUT2D eigenvalue weighted by molar-refractivity contribution is 5.78. The molecule has 0 aliphatic carbocycles. The first-order valence-electron chi connectivity index (χ1n) is 2.09. The van der Waals surface area contributed by atoms with E-state index in [0.717, 1.165) is 0 Å². The van der Waals surface area contributed by atoms with Gasteiger partial charge in [-0.25, -0.2) is 16.0 Å². The van der Waals surface area contributed by atoms with Gasteiger partial charge in [-0.2, -0.15) is 0 Å². The molecule has 0 amide bonds. The van der Waals surface area contributed by atoms with Gasteiger partial charge in [0, 0.05) is 0 Å². The summed E-state index contributed by atoms with van der Waals surface area (Å²) >= 11 is 0. The molecule has 5 N–H and O–H groups in total. The maximum atomic E-state index is 5.20. The molecule has 5 nitrogen and oxygen atoms in total. The second-order valence-corrected chi connectivity index (χ2v) is 1.33. The SMILES string of the molecule is NC1=NC=CN(N)N1. The van der Waals surface area contributed by atoms with Gasteiger partial charge in [0.2, 0.25) is 5.96 Å². The monoisotopic (exact) mass is 113 g/mol. The molecule has 1 aliphatic rings. The molecule has 44 valence electrons. The fourth-order valence-corrected chi connectivity index (χ4v) is 0.384. The van der Waals surface area contributed by atoms with Gasteiger partial charge >= 0.3 is 0 Å². The van der Waals surface area contributed by atoms with Crippen molar-refractivity contribution in [2.45, 2.75) is 0 Å². The Balaban J connectivity index is 2.59. The molecule has 0 aromatic rings. The average Bonchev–Trinajstić information content (AvgIpc) is 1.64. The summed E-state index contributed by atoms with van der Waals surface area (Å²) in [6.45, 7) is 0. The summed E-state index contributed by atoms with van der Waals surface area (Å²) in [5, 5.41) is 1.22. The first-order valence-corrected chi connectivity index (χ1v) is 2.09. The molecule has 0 aromatic heterocycles. The quantitative estimate of drug-likeness (QED) is 0.333. The van der Waals surface area contributed by atoms with Crippen LogP contribution in [0.5, 0.6) is 0 Å².